The van der Waals surface area contributed by atoms with E-state index in [0.717, 1.165) is 22.4 Å². The second-order valence-corrected chi connectivity index (χ2v) is 5.15. The Morgan fingerprint density at radius 3 is 2.26 bits per heavy atom. The van der Waals surface area contributed by atoms with Gasteiger partial charge in [0, 0.05) is 18.2 Å². The number of carbonyl (C=O) groups excluding carboxylic acids is 1. The van der Waals surface area contributed by atoms with E-state index in [4.69, 9.17) is 14.2 Å². The number of carbonyl (C=O) groups is 1. The first-order chi connectivity index (χ1) is 11.0. The van der Waals surface area contributed by atoms with Crippen LogP contribution in [-0.4, -0.2) is 20.2 Å². The Balaban J connectivity index is 2.33. The maximum Gasteiger partial charge on any atom is 0.338 e. The van der Waals surface area contributed by atoms with E-state index < -0.39 is 5.97 Å². The molecule has 0 aliphatic carbocycles. The van der Waals surface area contributed by atoms with Crippen molar-refractivity contribution < 1.29 is 19.0 Å². The van der Waals surface area contributed by atoms with Crippen molar-refractivity contribution in [3.63, 3.8) is 0 Å². The molecule has 2 rings (SSSR count). The minimum Gasteiger partial charge on any atom is -0.497 e. The van der Waals surface area contributed by atoms with Gasteiger partial charge in [-0.1, -0.05) is 24.8 Å². The number of hydrogen-bond acceptors (Lipinski definition) is 4. The zero-order chi connectivity index (χ0) is 16.8. The molecule has 0 saturated carbocycles. The van der Waals surface area contributed by atoms with Crippen LogP contribution < -0.4 is 9.47 Å². The lowest BCUT2D eigenvalue weighted by Crippen LogP contribution is -2.10. The van der Waals surface area contributed by atoms with E-state index in [9.17, 15) is 4.79 Å². The lowest BCUT2D eigenvalue weighted by Gasteiger charge is -2.12. The van der Waals surface area contributed by atoms with E-state index in [2.05, 4.69) is 6.58 Å². The summed E-state index contributed by atoms with van der Waals surface area (Å²) in [5, 5.41) is 0. The Kier molecular flexibility index (Phi) is 5.55. The first-order valence-corrected chi connectivity index (χ1v) is 7.19. The van der Waals surface area contributed by atoms with Gasteiger partial charge in [-0.2, -0.15) is 0 Å². The summed E-state index contributed by atoms with van der Waals surface area (Å²) in [6.07, 6.45) is 0. The van der Waals surface area contributed by atoms with Gasteiger partial charge >= 0.3 is 5.97 Å². The first kappa shape index (κ1) is 16.8. The topological polar surface area (TPSA) is 44.8 Å². The van der Waals surface area contributed by atoms with E-state index in [1.165, 1.54) is 0 Å². The predicted octanol–water partition coefficient (Wildman–Crippen LogP) is 3.99. The SMILES string of the molecule is C=C(C)C(=O)Oc1ccc(-c2ccc(OC)cc2)cc1COC. The Morgan fingerprint density at radius 2 is 1.70 bits per heavy atom. The molecule has 0 saturated heterocycles. The standard InChI is InChI=1S/C19H20O4/c1-13(2)19(20)23-18-10-7-15(11-16(18)12-21-3)14-5-8-17(22-4)9-6-14/h5-11H,1,12H2,2-4H3. The van der Waals surface area contributed by atoms with E-state index in [-0.39, 0.29) is 0 Å². The summed E-state index contributed by atoms with van der Waals surface area (Å²) in [5.74, 6) is 0.842. The monoisotopic (exact) mass is 312 g/mol. The van der Waals surface area contributed by atoms with Gasteiger partial charge in [0.25, 0.3) is 0 Å². The van der Waals surface area contributed by atoms with Crippen molar-refractivity contribution in [3.8, 4) is 22.6 Å². The Bertz CT molecular complexity index is 702. The summed E-state index contributed by atoms with van der Waals surface area (Å²) < 4.78 is 15.7. The molecule has 4 heteroatoms. The molecule has 2 aromatic rings. The highest BCUT2D eigenvalue weighted by molar-refractivity contribution is 5.89. The van der Waals surface area contributed by atoms with Crippen LogP contribution in [0.15, 0.2) is 54.6 Å². The average molecular weight is 312 g/mol. The summed E-state index contributed by atoms with van der Waals surface area (Å²) >= 11 is 0. The maximum atomic E-state index is 11.7. The van der Waals surface area contributed by atoms with Gasteiger partial charge in [-0.3, -0.25) is 0 Å². The van der Waals surface area contributed by atoms with Crippen LogP contribution in [0.4, 0.5) is 0 Å². The smallest absolute Gasteiger partial charge is 0.338 e. The van der Waals surface area contributed by atoms with Crippen LogP contribution in [0.2, 0.25) is 0 Å². The molecule has 0 radical (unpaired) electrons. The highest BCUT2D eigenvalue weighted by atomic mass is 16.5. The van der Waals surface area contributed by atoms with Gasteiger partial charge in [-0.15, -0.1) is 0 Å². The fourth-order valence-electron chi connectivity index (χ4n) is 2.10. The molecule has 0 aliphatic heterocycles. The number of rotatable bonds is 6. The summed E-state index contributed by atoms with van der Waals surface area (Å²) in [6.45, 7) is 5.56. The molecule has 0 fully saturated rings. The molecule has 23 heavy (non-hydrogen) atoms. The van der Waals surface area contributed by atoms with Crippen LogP contribution in [0.25, 0.3) is 11.1 Å². The van der Waals surface area contributed by atoms with Gasteiger partial charge in [-0.05, 0) is 42.3 Å². The second-order valence-electron chi connectivity index (χ2n) is 5.15. The van der Waals surface area contributed by atoms with Crippen LogP contribution >= 0.6 is 0 Å². The van der Waals surface area contributed by atoms with Crippen molar-refractivity contribution in [1.29, 1.82) is 0 Å². The van der Waals surface area contributed by atoms with Gasteiger partial charge in [0.15, 0.2) is 0 Å². The van der Waals surface area contributed by atoms with Crippen LogP contribution in [0.3, 0.4) is 0 Å². The van der Waals surface area contributed by atoms with E-state index >= 15 is 0 Å². The highest BCUT2D eigenvalue weighted by Crippen LogP contribution is 2.29. The van der Waals surface area contributed by atoms with Crippen molar-refractivity contribution in [2.75, 3.05) is 14.2 Å². The lowest BCUT2D eigenvalue weighted by molar-refractivity contribution is -0.130. The fraction of sp³-hybridized carbons (Fsp3) is 0.211. The molecule has 4 nitrogen and oxygen atoms in total. The second kappa shape index (κ2) is 7.61. The summed E-state index contributed by atoms with van der Waals surface area (Å²) in [4.78, 5) is 11.7. The average Bonchev–Trinajstić information content (AvgIpc) is 2.56. The number of benzene rings is 2. The Morgan fingerprint density at radius 1 is 1.04 bits per heavy atom. The molecular formula is C19H20O4. The molecule has 120 valence electrons. The van der Waals surface area contributed by atoms with Crippen molar-refractivity contribution in [2.24, 2.45) is 0 Å². The highest BCUT2D eigenvalue weighted by Gasteiger charge is 2.11. The zero-order valence-corrected chi connectivity index (χ0v) is 13.6. The third kappa shape index (κ3) is 4.20. The molecule has 0 bridgehead atoms. The third-order valence-corrected chi connectivity index (χ3v) is 3.33. The maximum absolute atomic E-state index is 11.7. The molecule has 0 N–H and O–H groups in total. The number of hydrogen-bond donors (Lipinski definition) is 0. The van der Waals surface area contributed by atoms with Gasteiger partial charge in [-0.25, -0.2) is 4.79 Å². The molecule has 0 amide bonds. The van der Waals surface area contributed by atoms with E-state index in [1.54, 1.807) is 27.2 Å². The van der Waals surface area contributed by atoms with Crippen molar-refractivity contribution in [2.45, 2.75) is 13.5 Å². The largest absolute Gasteiger partial charge is 0.497 e. The van der Waals surface area contributed by atoms with Gasteiger partial charge in [0.05, 0.1) is 13.7 Å². The summed E-state index contributed by atoms with van der Waals surface area (Å²) in [6, 6.07) is 13.4. The molecule has 0 unspecified atom stereocenters. The number of methoxy groups -OCH3 is 2. The van der Waals surface area contributed by atoms with Crippen LogP contribution in [0.5, 0.6) is 11.5 Å². The number of ether oxygens (including phenoxy) is 3. The van der Waals surface area contributed by atoms with Gasteiger partial charge in [0.2, 0.25) is 0 Å². The van der Waals surface area contributed by atoms with Crippen molar-refractivity contribution >= 4 is 5.97 Å². The van der Waals surface area contributed by atoms with E-state index in [1.807, 2.05) is 36.4 Å². The molecule has 0 spiro atoms. The quantitative estimate of drug-likeness (QED) is 0.459. The Hall–Kier alpha value is -2.59. The molecular weight excluding hydrogens is 292 g/mol. The van der Waals surface area contributed by atoms with Gasteiger partial charge < -0.3 is 14.2 Å². The Labute approximate surface area is 136 Å². The molecule has 0 heterocycles. The van der Waals surface area contributed by atoms with Crippen LogP contribution in [0, 0.1) is 0 Å². The summed E-state index contributed by atoms with van der Waals surface area (Å²) in [7, 11) is 3.24. The summed E-state index contributed by atoms with van der Waals surface area (Å²) in [5.41, 5.74) is 3.21. The molecule has 0 aromatic heterocycles. The van der Waals surface area contributed by atoms with Crippen molar-refractivity contribution in [1.82, 2.24) is 0 Å². The van der Waals surface area contributed by atoms with Crippen LogP contribution in [0.1, 0.15) is 12.5 Å². The minimum atomic E-state index is -0.445. The van der Waals surface area contributed by atoms with Crippen molar-refractivity contribution in [3.05, 3.63) is 60.2 Å². The van der Waals surface area contributed by atoms with Gasteiger partial charge in [0.1, 0.15) is 11.5 Å². The third-order valence-electron chi connectivity index (χ3n) is 3.33. The number of esters is 1. The predicted molar refractivity (Wildman–Crippen MR) is 89.6 cm³/mol. The fourth-order valence-corrected chi connectivity index (χ4v) is 2.10. The molecule has 0 atom stereocenters. The zero-order valence-electron chi connectivity index (χ0n) is 13.6. The molecule has 2 aromatic carbocycles. The normalized spacial score (nSPS) is 10.2. The minimum absolute atomic E-state index is 0.350. The van der Waals surface area contributed by atoms with E-state index in [0.29, 0.717) is 17.9 Å². The first-order valence-electron chi connectivity index (χ1n) is 7.19. The van der Waals surface area contributed by atoms with Crippen LogP contribution in [-0.2, 0) is 16.1 Å². The lowest BCUT2D eigenvalue weighted by atomic mass is 10.0. The molecule has 0 aliphatic rings.